The lowest BCUT2D eigenvalue weighted by atomic mass is 9.99. The van der Waals surface area contributed by atoms with Crippen LogP contribution in [0.1, 0.15) is 5.69 Å². The third kappa shape index (κ3) is 2.90. The third-order valence-electron chi connectivity index (χ3n) is 4.00. The van der Waals surface area contributed by atoms with Crippen LogP contribution in [0.4, 0.5) is 4.39 Å². The van der Waals surface area contributed by atoms with Gasteiger partial charge in [-0.05, 0) is 35.9 Å². The molecule has 0 radical (unpaired) electrons. The van der Waals surface area contributed by atoms with E-state index in [2.05, 4.69) is 15.4 Å². The monoisotopic (exact) mass is 364 g/mol. The summed E-state index contributed by atoms with van der Waals surface area (Å²) in [6.07, 6.45) is 3.46. The Hall–Kier alpha value is -1.95. The molecule has 4 rings (SSSR count). The van der Waals surface area contributed by atoms with Crippen molar-refractivity contribution in [2.24, 2.45) is 0 Å². The van der Waals surface area contributed by atoms with Gasteiger partial charge in [-0.1, -0.05) is 11.6 Å². The molecule has 0 unspecified atom stereocenters. The number of pyridine rings is 1. The minimum absolute atomic E-state index is 0. The van der Waals surface area contributed by atoms with E-state index >= 15 is 0 Å². The predicted octanol–water partition coefficient (Wildman–Crippen LogP) is 3.93. The summed E-state index contributed by atoms with van der Waals surface area (Å²) in [6, 6.07) is 8.38. The van der Waals surface area contributed by atoms with E-state index in [0.29, 0.717) is 22.8 Å². The van der Waals surface area contributed by atoms with E-state index in [0.717, 1.165) is 29.9 Å². The van der Waals surface area contributed by atoms with Crippen molar-refractivity contribution in [1.29, 1.82) is 0 Å². The number of halogens is 3. The molecule has 3 aromatic rings. The average Bonchev–Trinajstić information content (AvgIpc) is 2.97. The van der Waals surface area contributed by atoms with Crippen molar-refractivity contribution >= 4 is 24.0 Å². The highest BCUT2D eigenvalue weighted by molar-refractivity contribution is 6.30. The van der Waals surface area contributed by atoms with Gasteiger partial charge in [0, 0.05) is 41.6 Å². The topological polar surface area (TPSA) is 42.7 Å². The SMILES string of the molecule is Cl.Fc1ccc(Cl)cc1-c1nn2c(c1-c1ccncc1)CNCC2. The Bertz CT molecular complexity index is 865. The number of rotatable bonds is 2. The number of nitrogens with zero attached hydrogens (tertiary/aromatic N) is 3. The average molecular weight is 365 g/mol. The summed E-state index contributed by atoms with van der Waals surface area (Å²) in [5, 5.41) is 8.49. The largest absolute Gasteiger partial charge is 0.309 e. The van der Waals surface area contributed by atoms with Gasteiger partial charge in [-0.3, -0.25) is 9.67 Å². The van der Waals surface area contributed by atoms with Crippen LogP contribution in [0.2, 0.25) is 5.02 Å². The smallest absolute Gasteiger partial charge is 0.132 e. The fourth-order valence-corrected chi connectivity index (χ4v) is 3.11. The van der Waals surface area contributed by atoms with Crippen LogP contribution in [0.3, 0.4) is 0 Å². The van der Waals surface area contributed by atoms with Crippen molar-refractivity contribution in [2.75, 3.05) is 6.54 Å². The molecule has 0 atom stereocenters. The number of fused-ring (bicyclic) bond motifs is 1. The molecule has 2 aromatic heterocycles. The Morgan fingerprint density at radius 1 is 1.17 bits per heavy atom. The van der Waals surface area contributed by atoms with Gasteiger partial charge in [0.05, 0.1) is 12.2 Å². The summed E-state index contributed by atoms with van der Waals surface area (Å²) in [5.74, 6) is -0.326. The number of hydrogen-bond donors (Lipinski definition) is 1. The molecule has 0 aliphatic carbocycles. The van der Waals surface area contributed by atoms with Crippen molar-refractivity contribution in [3.05, 3.63) is 59.3 Å². The molecular formula is C17H15Cl2FN4. The van der Waals surface area contributed by atoms with Crippen LogP contribution in [-0.2, 0) is 13.1 Å². The highest BCUT2D eigenvalue weighted by Gasteiger charge is 2.24. The highest BCUT2D eigenvalue weighted by atomic mass is 35.5. The number of aromatic nitrogens is 3. The molecule has 4 nitrogen and oxygen atoms in total. The van der Waals surface area contributed by atoms with Crippen LogP contribution in [-0.4, -0.2) is 21.3 Å². The summed E-state index contributed by atoms with van der Waals surface area (Å²) in [4.78, 5) is 4.06. The van der Waals surface area contributed by atoms with Gasteiger partial charge in [0.2, 0.25) is 0 Å². The summed E-state index contributed by atoms with van der Waals surface area (Å²) < 4.78 is 16.3. The molecule has 1 aromatic carbocycles. The zero-order valence-corrected chi connectivity index (χ0v) is 14.2. The Balaban J connectivity index is 0.00000169. The number of hydrogen-bond acceptors (Lipinski definition) is 3. The Morgan fingerprint density at radius 3 is 2.75 bits per heavy atom. The quantitative estimate of drug-likeness (QED) is 0.748. The predicted molar refractivity (Wildman–Crippen MR) is 94.8 cm³/mol. The lowest BCUT2D eigenvalue weighted by Gasteiger charge is -2.16. The van der Waals surface area contributed by atoms with Crippen molar-refractivity contribution < 1.29 is 4.39 Å². The van der Waals surface area contributed by atoms with E-state index in [9.17, 15) is 4.39 Å². The van der Waals surface area contributed by atoms with Gasteiger partial charge in [-0.2, -0.15) is 5.10 Å². The van der Waals surface area contributed by atoms with E-state index in [-0.39, 0.29) is 18.2 Å². The first-order valence-electron chi connectivity index (χ1n) is 7.40. The van der Waals surface area contributed by atoms with Gasteiger partial charge in [-0.25, -0.2) is 4.39 Å². The van der Waals surface area contributed by atoms with Crippen LogP contribution in [0.25, 0.3) is 22.4 Å². The summed E-state index contributed by atoms with van der Waals surface area (Å²) in [7, 11) is 0. The molecule has 0 spiro atoms. The van der Waals surface area contributed by atoms with Gasteiger partial charge in [0.1, 0.15) is 11.5 Å². The second-order valence-corrected chi connectivity index (χ2v) is 5.87. The van der Waals surface area contributed by atoms with Crippen LogP contribution in [0.5, 0.6) is 0 Å². The highest BCUT2D eigenvalue weighted by Crippen LogP contribution is 2.37. The first-order chi connectivity index (χ1) is 11.2. The minimum atomic E-state index is -0.326. The van der Waals surface area contributed by atoms with Crippen LogP contribution < -0.4 is 5.32 Å². The Labute approximate surface area is 150 Å². The van der Waals surface area contributed by atoms with Gasteiger partial charge < -0.3 is 5.32 Å². The van der Waals surface area contributed by atoms with Crippen molar-refractivity contribution in [1.82, 2.24) is 20.1 Å². The van der Waals surface area contributed by atoms with Crippen molar-refractivity contribution in [3.63, 3.8) is 0 Å². The van der Waals surface area contributed by atoms with E-state index in [1.54, 1.807) is 24.5 Å². The third-order valence-corrected chi connectivity index (χ3v) is 4.24. The number of nitrogens with one attached hydrogen (secondary N) is 1. The molecule has 0 bridgehead atoms. The first kappa shape index (κ1) is 16.9. The van der Waals surface area contributed by atoms with Gasteiger partial charge in [0.15, 0.2) is 0 Å². The van der Waals surface area contributed by atoms with Crippen molar-refractivity contribution in [3.8, 4) is 22.4 Å². The summed E-state index contributed by atoms with van der Waals surface area (Å²) >= 11 is 6.07. The van der Waals surface area contributed by atoms with Gasteiger partial charge >= 0.3 is 0 Å². The van der Waals surface area contributed by atoms with Crippen molar-refractivity contribution in [2.45, 2.75) is 13.1 Å². The minimum Gasteiger partial charge on any atom is -0.309 e. The van der Waals surface area contributed by atoms with Crippen LogP contribution >= 0.6 is 24.0 Å². The van der Waals surface area contributed by atoms with Crippen LogP contribution in [0.15, 0.2) is 42.7 Å². The maximum Gasteiger partial charge on any atom is 0.132 e. The fourth-order valence-electron chi connectivity index (χ4n) is 2.94. The zero-order chi connectivity index (χ0) is 15.8. The Kier molecular flexibility index (Phi) is 4.85. The first-order valence-corrected chi connectivity index (χ1v) is 7.78. The molecule has 7 heteroatoms. The maximum absolute atomic E-state index is 14.4. The molecule has 0 amide bonds. The lowest BCUT2D eigenvalue weighted by molar-refractivity contribution is 0.477. The molecule has 0 saturated carbocycles. The summed E-state index contributed by atoms with van der Waals surface area (Å²) in [6.45, 7) is 2.31. The number of benzene rings is 1. The second kappa shape index (κ2) is 6.89. The van der Waals surface area contributed by atoms with E-state index in [1.807, 2.05) is 16.8 Å². The molecule has 124 valence electrons. The lowest BCUT2D eigenvalue weighted by Crippen LogP contribution is -2.28. The standard InChI is InChI=1S/C17H14ClFN4.ClH/c18-12-1-2-14(19)13(9-12)17-16(11-3-5-20-6-4-11)15-10-21-7-8-23(15)22-17;/h1-6,9,21H,7-8,10H2;1H. The molecule has 24 heavy (non-hydrogen) atoms. The summed E-state index contributed by atoms with van der Waals surface area (Å²) in [5.41, 5.74) is 4.00. The maximum atomic E-state index is 14.4. The molecule has 0 fully saturated rings. The molecule has 1 aliphatic heterocycles. The van der Waals surface area contributed by atoms with Gasteiger partial charge in [0.25, 0.3) is 0 Å². The van der Waals surface area contributed by atoms with E-state index < -0.39 is 0 Å². The Morgan fingerprint density at radius 2 is 1.96 bits per heavy atom. The zero-order valence-electron chi connectivity index (χ0n) is 12.7. The second-order valence-electron chi connectivity index (χ2n) is 5.43. The van der Waals surface area contributed by atoms with E-state index in [1.165, 1.54) is 6.07 Å². The molecule has 1 aliphatic rings. The van der Waals surface area contributed by atoms with Gasteiger partial charge in [-0.15, -0.1) is 12.4 Å². The van der Waals surface area contributed by atoms with E-state index in [4.69, 9.17) is 11.6 Å². The molecule has 0 saturated heterocycles. The molecule has 1 N–H and O–H groups in total. The normalized spacial score (nSPS) is 13.2. The fraction of sp³-hybridized carbons (Fsp3) is 0.176. The molecule has 3 heterocycles. The molecular weight excluding hydrogens is 350 g/mol. The van der Waals surface area contributed by atoms with Crippen LogP contribution in [0, 0.1) is 5.82 Å².